The summed E-state index contributed by atoms with van der Waals surface area (Å²) in [7, 11) is 4.91. The largest absolute Gasteiger partial charge is 0.493 e. The molecule has 0 saturated carbocycles. The Labute approximate surface area is 186 Å². The van der Waals surface area contributed by atoms with Crippen LogP contribution in [0.1, 0.15) is 38.7 Å². The molecular weight excluding hydrogens is 408 g/mol. The maximum absolute atomic E-state index is 13.2. The van der Waals surface area contributed by atoms with E-state index in [4.69, 9.17) is 9.47 Å². The summed E-state index contributed by atoms with van der Waals surface area (Å²) < 4.78 is 12.5. The highest BCUT2D eigenvalue weighted by Gasteiger charge is 2.41. The van der Waals surface area contributed by atoms with Gasteiger partial charge in [-0.3, -0.25) is 14.3 Å². The number of aromatic nitrogens is 2. The zero-order valence-electron chi connectivity index (χ0n) is 18.7. The Morgan fingerprint density at radius 2 is 1.84 bits per heavy atom. The summed E-state index contributed by atoms with van der Waals surface area (Å²) in [6.07, 6.45) is 0. The zero-order valence-corrected chi connectivity index (χ0v) is 18.7. The van der Waals surface area contributed by atoms with Gasteiger partial charge in [0.2, 0.25) is 5.91 Å². The average molecular weight is 434 g/mol. The average Bonchev–Trinajstić information content (AvgIpc) is 3.06. The van der Waals surface area contributed by atoms with Crippen LogP contribution in [-0.2, 0) is 11.8 Å². The first kappa shape index (κ1) is 21.4. The number of benzene rings is 2. The maximum Gasteiger partial charge on any atom is 0.251 e. The minimum absolute atomic E-state index is 0.304. The van der Waals surface area contributed by atoms with Gasteiger partial charge in [0.1, 0.15) is 11.9 Å². The summed E-state index contributed by atoms with van der Waals surface area (Å²) in [6, 6.07) is 11.9. The van der Waals surface area contributed by atoms with Crippen molar-refractivity contribution in [1.82, 2.24) is 15.1 Å². The number of nitrogens with one attached hydrogen (secondary N) is 2. The monoisotopic (exact) mass is 434 g/mol. The van der Waals surface area contributed by atoms with Gasteiger partial charge < -0.3 is 20.1 Å². The van der Waals surface area contributed by atoms with Crippen molar-refractivity contribution in [1.29, 1.82) is 0 Å². The molecule has 2 amide bonds. The van der Waals surface area contributed by atoms with E-state index >= 15 is 0 Å². The molecular formula is C24H26N4O4. The van der Waals surface area contributed by atoms with Crippen LogP contribution in [0.5, 0.6) is 11.5 Å². The second kappa shape index (κ2) is 8.37. The van der Waals surface area contributed by atoms with Crippen molar-refractivity contribution in [2.24, 2.45) is 7.05 Å². The van der Waals surface area contributed by atoms with Crippen LogP contribution >= 0.6 is 0 Å². The molecule has 1 aliphatic rings. The van der Waals surface area contributed by atoms with Crippen LogP contribution in [-0.4, -0.2) is 41.9 Å². The fourth-order valence-electron chi connectivity index (χ4n) is 4.27. The number of carbonyl (C=O) groups is 2. The van der Waals surface area contributed by atoms with E-state index in [2.05, 4.69) is 15.7 Å². The van der Waals surface area contributed by atoms with Crippen molar-refractivity contribution in [3.05, 3.63) is 70.4 Å². The number of amides is 2. The molecule has 1 aromatic heterocycles. The Hall–Kier alpha value is -3.81. The molecule has 2 N–H and O–H groups in total. The Kier molecular flexibility index (Phi) is 5.61. The molecule has 0 aliphatic carbocycles. The summed E-state index contributed by atoms with van der Waals surface area (Å²) >= 11 is 0. The second-order valence-corrected chi connectivity index (χ2v) is 7.87. The summed E-state index contributed by atoms with van der Waals surface area (Å²) in [4.78, 5) is 26.2. The van der Waals surface area contributed by atoms with E-state index in [9.17, 15) is 9.59 Å². The van der Waals surface area contributed by atoms with Crippen molar-refractivity contribution >= 4 is 17.6 Å². The first-order valence-electron chi connectivity index (χ1n) is 10.3. The van der Waals surface area contributed by atoms with Gasteiger partial charge in [-0.1, -0.05) is 23.8 Å². The molecule has 0 saturated heterocycles. The summed E-state index contributed by atoms with van der Waals surface area (Å²) in [5.41, 5.74) is 3.90. The fourth-order valence-corrected chi connectivity index (χ4v) is 4.27. The van der Waals surface area contributed by atoms with Gasteiger partial charge >= 0.3 is 0 Å². The third-order valence-corrected chi connectivity index (χ3v) is 5.77. The van der Waals surface area contributed by atoms with E-state index in [0.29, 0.717) is 22.9 Å². The molecule has 0 bridgehead atoms. The number of methoxy groups -OCH3 is 2. The van der Waals surface area contributed by atoms with Crippen LogP contribution in [0.15, 0.2) is 42.5 Å². The Morgan fingerprint density at radius 3 is 2.53 bits per heavy atom. The van der Waals surface area contributed by atoms with E-state index < -0.39 is 12.0 Å². The van der Waals surface area contributed by atoms with Crippen LogP contribution in [0.3, 0.4) is 0 Å². The number of ether oxygens (including phenoxy) is 2. The first-order valence-corrected chi connectivity index (χ1v) is 10.3. The van der Waals surface area contributed by atoms with Crippen LogP contribution in [0, 0.1) is 13.8 Å². The lowest BCUT2D eigenvalue weighted by molar-refractivity contribution is -0.118. The number of fused-ring (bicyclic) bond motifs is 1. The molecule has 0 radical (unpaired) electrons. The van der Waals surface area contributed by atoms with Crippen LogP contribution in [0.4, 0.5) is 5.82 Å². The van der Waals surface area contributed by atoms with Crippen molar-refractivity contribution < 1.29 is 19.1 Å². The standard InChI is InChI=1S/C24H26N4O4/c1-13-7-6-8-16(11-13)23(29)25-21-20(15-9-10-17(31-4)18(12-15)32-5)19-14(2)27-28(3)22(19)26-24(21)30/h6-12,20-21H,1-5H3,(H,25,29)(H,26,30)/t20-,21-/m0/s1. The molecule has 0 unspecified atom stereocenters. The van der Waals surface area contributed by atoms with Crippen molar-refractivity contribution in [2.45, 2.75) is 25.8 Å². The van der Waals surface area contributed by atoms with E-state index in [0.717, 1.165) is 22.4 Å². The zero-order chi connectivity index (χ0) is 23.0. The molecule has 2 atom stereocenters. The van der Waals surface area contributed by atoms with Gasteiger partial charge in [0.25, 0.3) is 5.91 Å². The Balaban J connectivity index is 1.81. The van der Waals surface area contributed by atoms with Gasteiger partial charge in [-0.25, -0.2) is 0 Å². The van der Waals surface area contributed by atoms with Gasteiger partial charge in [0.15, 0.2) is 11.5 Å². The molecule has 0 fully saturated rings. The third kappa shape index (κ3) is 3.68. The minimum atomic E-state index is -0.837. The van der Waals surface area contributed by atoms with Gasteiger partial charge in [-0.15, -0.1) is 0 Å². The van der Waals surface area contributed by atoms with E-state index in [1.54, 1.807) is 44.1 Å². The molecule has 2 heterocycles. The van der Waals surface area contributed by atoms with Gasteiger partial charge in [-0.2, -0.15) is 5.10 Å². The summed E-state index contributed by atoms with van der Waals surface area (Å²) in [5, 5.41) is 10.3. The van der Waals surface area contributed by atoms with E-state index in [-0.39, 0.29) is 11.8 Å². The molecule has 0 spiro atoms. The van der Waals surface area contributed by atoms with Crippen molar-refractivity contribution in [3.8, 4) is 11.5 Å². The third-order valence-electron chi connectivity index (χ3n) is 5.77. The van der Waals surface area contributed by atoms with Gasteiger partial charge in [0, 0.05) is 24.1 Å². The predicted molar refractivity (Wildman–Crippen MR) is 120 cm³/mol. The Morgan fingerprint density at radius 1 is 1.09 bits per heavy atom. The molecule has 8 heteroatoms. The number of rotatable bonds is 5. The van der Waals surface area contributed by atoms with Gasteiger partial charge in [-0.05, 0) is 43.7 Å². The van der Waals surface area contributed by atoms with Crippen LogP contribution < -0.4 is 20.1 Å². The molecule has 4 rings (SSSR count). The number of hydrogen-bond acceptors (Lipinski definition) is 5. The fraction of sp³-hybridized carbons (Fsp3) is 0.292. The number of nitrogens with zero attached hydrogens (tertiary/aromatic N) is 2. The minimum Gasteiger partial charge on any atom is -0.493 e. The number of hydrogen-bond donors (Lipinski definition) is 2. The molecule has 8 nitrogen and oxygen atoms in total. The molecule has 166 valence electrons. The Bertz CT molecular complexity index is 1200. The van der Waals surface area contributed by atoms with Crippen LogP contribution in [0.25, 0.3) is 0 Å². The van der Waals surface area contributed by atoms with Crippen molar-refractivity contribution in [3.63, 3.8) is 0 Å². The normalized spacial score (nSPS) is 17.3. The van der Waals surface area contributed by atoms with E-state index in [1.165, 1.54) is 0 Å². The number of aryl methyl sites for hydroxylation is 3. The highest BCUT2D eigenvalue weighted by molar-refractivity contribution is 6.04. The lowest BCUT2D eigenvalue weighted by Gasteiger charge is -2.33. The number of anilines is 1. The predicted octanol–water partition coefficient (Wildman–Crippen LogP) is 2.94. The molecule has 3 aromatic rings. The second-order valence-electron chi connectivity index (χ2n) is 7.87. The number of carbonyl (C=O) groups excluding carboxylic acids is 2. The van der Waals surface area contributed by atoms with Crippen molar-refractivity contribution in [2.75, 3.05) is 19.5 Å². The van der Waals surface area contributed by atoms with Crippen LogP contribution in [0.2, 0.25) is 0 Å². The quantitative estimate of drug-likeness (QED) is 0.644. The lowest BCUT2D eigenvalue weighted by atomic mass is 9.81. The first-order chi connectivity index (χ1) is 15.3. The topological polar surface area (TPSA) is 94.5 Å². The lowest BCUT2D eigenvalue weighted by Crippen LogP contribution is -2.50. The summed E-state index contributed by atoms with van der Waals surface area (Å²) in [6.45, 7) is 3.81. The van der Waals surface area contributed by atoms with Gasteiger partial charge in [0.05, 0.1) is 19.9 Å². The smallest absolute Gasteiger partial charge is 0.251 e. The maximum atomic E-state index is 13.2. The molecule has 2 aromatic carbocycles. The SMILES string of the molecule is COc1ccc([C@H]2c3c(C)nn(C)c3NC(=O)[C@H]2NC(=O)c2cccc(C)c2)cc1OC. The highest BCUT2D eigenvalue weighted by Crippen LogP contribution is 2.41. The van der Waals surface area contributed by atoms with E-state index in [1.807, 2.05) is 38.1 Å². The highest BCUT2D eigenvalue weighted by atomic mass is 16.5. The molecule has 32 heavy (non-hydrogen) atoms. The summed E-state index contributed by atoms with van der Waals surface area (Å²) in [5.74, 6) is 0.669. The molecule has 1 aliphatic heterocycles.